The highest BCUT2D eigenvalue weighted by Crippen LogP contribution is 2.29. The largest absolute Gasteiger partial charge is 0.352 e. The van der Waals surface area contributed by atoms with Gasteiger partial charge < -0.3 is 5.32 Å². The number of hydrogen-bond donors (Lipinski definition) is 1. The van der Waals surface area contributed by atoms with Gasteiger partial charge in [0.25, 0.3) is 5.91 Å². The fourth-order valence-electron chi connectivity index (χ4n) is 3.28. The molecule has 1 aliphatic rings. The molecule has 0 saturated heterocycles. The van der Waals surface area contributed by atoms with E-state index in [1.807, 2.05) is 18.2 Å². The predicted octanol–water partition coefficient (Wildman–Crippen LogP) is 3.95. The molecule has 0 atom stereocenters. The molecule has 0 aliphatic heterocycles. The molecule has 0 bridgehead atoms. The van der Waals surface area contributed by atoms with Crippen molar-refractivity contribution in [3.05, 3.63) is 40.6 Å². The normalized spacial score (nSPS) is 13.9. The molecule has 1 amide bonds. The van der Waals surface area contributed by atoms with E-state index in [9.17, 15) is 4.79 Å². The lowest BCUT2D eigenvalue weighted by atomic mass is 9.90. The predicted molar refractivity (Wildman–Crippen MR) is 90.4 cm³/mol. The third-order valence-corrected chi connectivity index (χ3v) is 4.63. The number of amides is 1. The number of aromatic nitrogens is 1. The molecule has 1 aromatic carbocycles. The van der Waals surface area contributed by atoms with Crippen LogP contribution < -0.4 is 5.32 Å². The monoisotopic (exact) mass is 296 g/mol. The summed E-state index contributed by atoms with van der Waals surface area (Å²) in [6, 6.07) is 5.89. The van der Waals surface area contributed by atoms with Crippen LogP contribution >= 0.6 is 0 Å². The van der Waals surface area contributed by atoms with Gasteiger partial charge in [-0.2, -0.15) is 0 Å². The quantitative estimate of drug-likeness (QED) is 0.868. The van der Waals surface area contributed by atoms with E-state index in [0.717, 1.165) is 48.7 Å². The first-order valence-electron chi connectivity index (χ1n) is 8.41. The molecule has 0 radical (unpaired) electrons. The average Bonchev–Trinajstić information content (AvgIpc) is 2.55. The van der Waals surface area contributed by atoms with Crippen LogP contribution in [-0.2, 0) is 12.8 Å². The third-order valence-electron chi connectivity index (χ3n) is 4.63. The van der Waals surface area contributed by atoms with Gasteiger partial charge in [-0.25, -0.2) is 0 Å². The molecule has 0 saturated carbocycles. The van der Waals surface area contributed by atoms with Gasteiger partial charge in [-0.3, -0.25) is 9.78 Å². The van der Waals surface area contributed by atoms with Crippen LogP contribution in [0.1, 0.15) is 59.8 Å². The molecule has 116 valence electrons. The second-order valence-corrected chi connectivity index (χ2v) is 6.21. The van der Waals surface area contributed by atoms with Gasteiger partial charge in [0, 0.05) is 23.2 Å². The number of benzene rings is 1. The molecule has 3 heteroatoms. The van der Waals surface area contributed by atoms with E-state index in [1.165, 1.54) is 29.7 Å². The van der Waals surface area contributed by atoms with Crippen LogP contribution in [0.4, 0.5) is 0 Å². The Bertz CT molecular complexity index is 706. The number of nitrogens with zero attached hydrogens (tertiary/aromatic N) is 1. The van der Waals surface area contributed by atoms with Gasteiger partial charge in [-0.1, -0.05) is 13.3 Å². The summed E-state index contributed by atoms with van der Waals surface area (Å²) < 4.78 is 0. The standard InChI is InChI=1S/C19H24N2O/c1-3-4-11-20-19(22)14-9-10-18-16(12-14)13(2)15-7-5-6-8-17(15)21-18/h9-10,12H,3-8,11H2,1-2H3,(H,20,22). The number of pyridine rings is 1. The summed E-state index contributed by atoms with van der Waals surface area (Å²) in [4.78, 5) is 17.1. The molecule has 0 fully saturated rings. The minimum Gasteiger partial charge on any atom is -0.352 e. The minimum atomic E-state index is 0.0208. The van der Waals surface area contributed by atoms with E-state index in [4.69, 9.17) is 4.98 Å². The Morgan fingerprint density at radius 3 is 2.91 bits per heavy atom. The number of fused-ring (bicyclic) bond motifs is 2. The highest BCUT2D eigenvalue weighted by Gasteiger charge is 2.16. The molecule has 2 aromatic rings. The zero-order valence-corrected chi connectivity index (χ0v) is 13.5. The minimum absolute atomic E-state index is 0.0208. The maximum atomic E-state index is 12.2. The van der Waals surface area contributed by atoms with Crippen molar-refractivity contribution in [3.8, 4) is 0 Å². The van der Waals surface area contributed by atoms with Crippen molar-refractivity contribution in [2.75, 3.05) is 6.54 Å². The molecule has 1 heterocycles. The van der Waals surface area contributed by atoms with E-state index in [0.29, 0.717) is 0 Å². The smallest absolute Gasteiger partial charge is 0.251 e. The van der Waals surface area contributed by atoms with Crippen molar-refractivity contribution in [3.63, 3.8) is 0 Å². The Hall–Kier alpha value is -1.90. The lowest BCUT2D eigenvalue weighted by Crippen LogP contribution is -2.24. The van der Waals surface area contributed by atoms with E-state index in [1.54, 1.807) is 0 Å². The summed E-state index contributed by atoms with van der Waals surface area (Å²) in [5.74, 6) is 0.0208. The lowest BCUT2D eigenvalue weighted by molar-refractivity contribution is 0.0953. The molecule has 1 aliphatic carbocycles. The van der Waals surface area contributed by atoms with Crippen molar-refractivity contribution in [1.29, 1.82) is 0 Å². The van der Waals surface area contributed by atoms with Crippen LogP contribution in [0.15, 0.2) is 18.2 Å². The van der Waals surface area contributed by atoms with Crippen molar-refractivity contribution >= 4 is 16.8 Å². The number of nitrogens with one attached hydrogen (secondary N) is 1. The molecule has 0 unspecified atom stereocenters. The van der Waals surface area contributed by atoms with Crippen LogP contribution in [0.2, 0.25) is 0 Å². The Morgan fingerprint density at radius 2 is 2.09 bits per heavy atom. The van der Waals surface area contributed by atoms with Crippen LogP contribution in [-0.4, -0.2) is 17.4 Å². The Labute approximate surface area is 132 Å². The van der Waals surface area contributed by atoms with Crippen LogP contribution in [0.25, 0.3) is 10.9 Å². The Kier molecular flexibility index (Phi) is 4.41. The topological polar surface area (TPSA) is 42.0 Å². The first-order valence-corrected chi connectivity index (χ1v) is 8.41. The second kappa shape index (κ2) is 6.47. The zero-order chi connectivity index (χ0) is 15.5. The maximum Gasteiger partial charge on any atom is 0.251 e. The van der Waals surface area contributed by atoms with E-state index in [-0.39, 0.29) is 5.91 Å². The summed E-state index contributed by atoms with van der Waals surface area (Å²) in [6.07, 6.45) is 6.81. The van der Waals surface area contributed by atoms with Crippen molar-refractivity contribution in [2.45, 2.75) is 52.4 Å². The molecule has 3 rings (SSSR count). The first kappa shape index (κ1) is 15.0. The average molecular weight is 296 g/mol. The molecule has 1 N–H and O–H groups in total. The van der Waals surface area contributed by atoms with E-state index in [2.05, 4.69) is 19.2 Å². The SMILES string of the molecule is CCCCNC(=O)c1ccc2nc3c(c(C)c2c1)CCCC3. The summed E-state index contributed by atoms with van der Waals surface area (Å²) >= 11 is 0. The number of hydrogen-bond acceptors (Lipinski definition) is 2. The summed E-state index contributed by atoms with van der Waals surface area (Å²) in [5.41, 5.74) is 5.73. The fraction of sp³-hybridized carbons (Fsp3) is 0.474. The fourth-order valence-corrected chi connectivity index (χ4v) is 3.28. The summed E-state index contributed by atoms with van der Waals surface area (Å²) in [7, 11) is 0. The van der Waals surface area contributed by atoms with Gasteiger partial charge in [0.15, 0.2) is 0 Å². The number of carbonyl (C=O) groups is 1. The number of aryl methyl sites for hydroxylation is 2. The summed E-state index contributed by atoms with van der Waals surface area (Å²) in [6.45, 7) is 5.04. The second-order valence-electron chi connectivity index (χ2n) is 6.21. The van der Waals surface area contributed by atoms with Crippen molar-refractivity contribution in [2.24, 2.45) is 0 Å². The molecule has 0 spiro atoms. The van der Waals surface area contributed by atoms with Crippen LogP contribution in [0.3, 0.4) is 0 Å². The molecular weight excluding hydrogens is 272 g/mol. The summed E-state index contributed by atoms with van der Waals surface area (Å²) in [5, 5.41) is 4.12. The first-order chi connectivity index (χ1) is 10.7. The maximum absolute atomic E-state index is 12.2. The molecule has 22 heavy (non-hydrogen) atoms. The van der Waals surface area contributed by atoms with Crippen LogP contribution in [0, 0.1) is 6.92 Å². The van der Waals surface area contributed by atoms with E-state index >= 15 is 0 Å². The van der Waals surface area contributed by atoms with Crippen molar-refractivity contribution < 1.29 is 4.79 Å². The Balaban J connectivity index is 1.95. The zero-order valence-electron chi connectivity index (χ0n) is 13.5. The van der Waals surface area contributed by atoms with Gasteiger partial charge >= 0.3 is 0 Å². The lowest BCUT2D eigenvalue weighted by Gasteiger charge is -2.19. The Morgan fingerprint density at radius 1 is 1.27 bits per heavy atom. The third kappa shape index (κ3) is 2.85. The number of unbranched alkanes of at least 4 members (excludes halogenated alkanes) is 1. The molecular formula is C19H24N2O. The highest BCUT2D eigenvalue weighted by atomic mass is 16.1. The van der Waals surface area contributed by atoms with Gasteiger partial charge in [0.2, 0.25) is 0 Å². The number of carbonyl (C=O) groups excluding carboxylic acids is 1. The van der Waals surface area contributed by atoms with Gasteiger partial charge in [0.05, 0.1) is 5.52 Å². The number of rotatable bonds is 4. The van der Waals surface area contributed by atoms with Crippen molar-refractivity contribution in [1.82, 2.24) is 10.3 Å². The van der Waals surface area contributed by atoms with Crippen LogP contribution in [0.5, 0.6) is 0 Å². The van der Waals surface area contributed by atoms with Gasteiger partial charge in [-0.15, -0.1) is 0 Å². The molecule has 3 nitrogen and oxygen atoms in total. The van der Waals surface area contributed by atoms with Gasteiger partial charge in [-0.05, 0) is 68.4 Å². The van der Waals surface area contributed by atoms with E-state index < -0.39 is 0 Å². The van der Waals surface area contributed by atoms with Gasteiger partial charge in [0.1, 0.15) is 0 Å². The molecule has 1 aromatic heterocycles. The highest BCUT2D eigenvalue weighted by molar-refractivity contribution is 5.98.